The number of esters is 4. The molecule has 19 heteroatoms. The number of phosphoric ester groups is 2. The van der Waals surface area contributed by atoms with Gasteiger partial charge in [-0.15, -0.1) is 0 Å². The van der Waals surface area contributed by atoms with Crippen molar-refractivity contribution in [3.63, 3.8) is 0 Å². The van der Waals surface area contributed by atoms with E-state index in [2.05, 4.69) is 55.4 Å². The maximum Gasteiger partial charge on any atom is 0.472 e. The Balaban J connectivity index is 5.25. The van der Waals surface area contributed by atoms with Crippen molar-refractivity contribution in [3.05, 3.63) is 0 Å². The number of hydrogen-bond donors (Lipinski definition) is 3. The van der Waals surface area contributed by atoms with Crippen LogP contribution in [-0.4, -0.2) is 96.7 Å². The zero-order valence-electron chi connectivity index (χ0n) is 57.3. The fourth-order valence-electron chi connectivity index (χ4n) is 10.2. The Morgan fingerprint density at radius 1 is 0.318 bits per heavy atom. The Morgan fingerprint density at radius 2 is 0.545 bits per heavy atom. The molecule has 0 rings (SSSR count). The van der Waals surface area contributed by atoms with Gasteiger partial charge in [0.2, 0.25) is 0 Å². The lowest BCUT2D eigenvalue weighted by Gasteiger charge is -2.21. The van der Waals surface area contributed by atoms with Crippen LogP contribution in [0, 0.1) is 23.7 Å². The minimum absolute atomic E-state index is 0.102. The number of unbranched alkanes of at least 4 members (excludes halogenated alkanes) is 29. The monoisotopic (exact) mass is 1300 g/mol. The molecule has 0 aromatic rings. The van der Waals surface area contributed by atoms with Crippen LogP contribution < -0.4 is 0 Å². The number of aliphatic hydroxyl groups excluding tert-OH is 1. The van der Waals surface area contributed by atoms with Crippen molar-refractivity contribution < 1.29 is 80.2 Å². The number of phosphoric acid groups is 2. The van der Waals surface area contributed by atoms with Crippen molar-refractivity contribution in [1.29, 1.82) is 0 Å². The number of carbonyl (C=O) groups excluding carboxylic acids is 4. The van der Waals surface area contributed by atoms with Crippen LogP contribution in [0.25, 0.3) is 0 Å². The number of aliphatic hydroxyl groups is 1. The summed E-state index contributed by atoms with van der Waals surface area (Å²) in [4.78, 5) is 72.5. The van der Waals surface area contributed by atoms with Crippen LogP contribution >= 0.6 is 15.6 Å². The smallest absolute Gasteiger partial charge is 0.462 e. The molecule has 0 radical (unpaired) electrons. The summed E-state index contributed by atoms with van der Waals surface area (Å²) in [6.07, 6.45) is 40.3. The first-order valence-electron chi connectivity index (χ1n) is 35.8. The topological polar surface area (TPSA) is 237 Å². The second-order valence-corrected chi connectivity index (χ2v) is 29.0. The molecule has 0 aromatic heterocycles. The van der Waals surface area contributed by atoms with Gasteiger partial charge >= 0.3 is 39.5 Å². The molecule has 0 spiro atoms. The molecule has 0 saturated carbocycles. The van der Waals surface area contributed by atoms with Gasteiger partial charge in [0.15, 0.2) is 12.2 Å². The van der Waals surface area contributed by atoms with Crippen LogP contribution in [0.4, 0.5) is 0 Å². The van der Waals surface area contributed by atoms with Gasteiger partial charge in [0.25, 0.3) is 0 Å². The first-order valence-corrected chi connectivity index (χ1v) is 38.8. The molecule has 0 heterocycles. The molecule has 3 N–H and O–H groups in total. The third-order valence-corrected chi connectivity index (χ3v) is 18.8. The highest BCUT2D eigenvalue weighted by Crippen LogP contribution is 2.45. The van der Waals surface area contributed by atoms with Crippen molar-refractivity contribution in [3.8, 4) is 0 Å². The van der Waals surface area contributed by atoms with Gasteiger partial charge in [-0.1, -0.05) is 287 Å². The van der Waals surface area contributed by atoms with E-state index in [9.17, 15) is 43.2 Å². The van der Waals surface area contributed by atoms with Gasteiger partial charge in [-0.2, -0.15) is 0 Å². The standard InChI is InChI=1S/C69H134O17P2/c1-9-60(6)46-38-30-22-18-15-16-20-24-35-43-51-68(73)85-64(56-80-67(72)50-42-34-27-25-31-39-47-61(7)10-2)57-83-87(75,76)81-53-63(70)54-82-88(77,78)84-58-65(86-69(74)52-44-36-28-26-32-40-48-62(8)11-3)55-79-66(71)49-41-33-23-19-14-12-13-17-21-29-37-45-59(4)5/h59-65,70H,9-58H2,1-8H3,(H,75,76)(H,77,78)/t60?,61?,62?,63-,64+,65+/m0/s1. The van der Waals surface area contributed by atoms with E-state index in [-0.39, 0.29) is 25.7 Å². The van der Waals surface area contributed by atoms with Crippen LogP contribution in [0.5, 0.6) is 0 Å². The molecule has 522 valence electrons. The molecule has 5 unspecified atom stereocenters. The molecule has 0 fully saturated rings. The van der Waals surface area contributed by atoms with Crippen LogP contribution in [0.1, 0.15) is 338 Å². The highest BCUT2D eigenvalue weighted by molar-refractivity contribution is 7.47. The van der Waals surface area contributed by atoms with Crippen molar-refractivity contribution >= 4 is 39.5 Å². The molecule has 17 nitrogen and oxygen atoms in total. The van der Waals surface area contributed by atoms with E-state index in [0.29, 0.717) is 25.7 Å². The minimum Gasteiger partial charge on any atom is -0.462 e. The molecular formula is C69H134O17P2. The lowest BCUT2D eigenvalue weighted by Crippen LogP contribution is -2.30. The fraction of sp³-hybridized carbons (Fsp3) is 0.942. The zero-order valence-corrected chi connectivity index (χ0v) is 59.1. The summed E-state index contributed by atoms with van der Waals surface area (Å²) in [5.74, 6) is 0.891. The average Bonchev–Trinajstić information content (AvgIpc) is 3.52. The molecule has 0 aliphatic carbocycles. The Kier molecular flexibility index (Phi) is 57.6. The summed E-state index contributed by atoms with van der Waals surface area (Å²) < 4.78 is 68.2. The SMILES string of the molecule is CCC(C)CCCCCCCCCCCCC(=O)O[C@H](COC(=O)CCCCCCCCC(C)CC)COP(=O)(O)OC[C@H](O)COP(=O)(O)OC[C@@H](COC(=O)CCCCCCCCCCCCCC(C)C)OC(=O)CCCCCCCCC(C)CC. The van der Waals surface area contributed by atoms with Gasteiger partial charge in [0.05, 0.1) is 26.4 Å². The predicted octanol–water partition coefficient (Wildman–Crippen LogP) is 19.3. The van der Waals surface area contributed by atoms with Crippen LogP contribution in [-0.2, 0) is 65.4 Å². The molecule has 8 atom stereocenters. The van der Waals surface area contributed by atoms with Crippen LogP contribution in [0.3, 0.4) is 0 Å². The normalized spacial score (nSPS) is 15.2. The van der Waals surface area contributed by atoms with E-state index in [4.69, 9.17) is 37.0 Å². The Hall–Kier alpha value is -1.94. The van der Waals surface area contributed by atoms with Gasteiger partial charge in [-0.3, -0.25) is 37.3 Å². The summed E-state index contributed by atoms with van der Waals surface area (Å²) in [5.41, 5.74) is 0. The minimum atomic E-state index is -4.95. The highest BCUT2D eigenvalue weighted by atomic mass is 31.2. The third-order valence-electron chi connectivity index (χ3n) is 16.9. The Bertz CT molecular complexity index is 1750. The molecule has 0 aromatic carbocycles. The summed E-state index contributed by atoms with van der Waals surface area (Å²) in [6, 6.07) is 0. The predicted molar refractivity (Wildman–Crippen MR) is 354 cm³/mol. The highest BCUT2D eigenvalue weighted by Gasteiger charge is 2.30. The Labute approximate surface area is 537 Å². The fourth-order valence-corrected chi connectivity index (χ4v) is 11.8. The quantitative estimate of drug-likeness (QED) is 0.0222. The van der Waals surface area contributed by atoms with Gasteiger partial charge in [-0.05, 0) is 49.4 Å². The second-order valence-electron chi connectivity index (χ2n) is 26.1. The maximum atomic E-state index is 13.0. The van der Waals surface area contributed by atoms with Crippen molar-refractivity contribution in [2.45, 2.75) is 356 Å². The molecule has 0 aliphatic heterocycles. The van der Waals surface area contributed by atoms with Gasteiger partial charge in [0, 0.05) is 25.7 Å². The number of carbonyl (C=O) groups is 4. The van der Waals surface area contributed by atoms with Crippen LogP contribution in [0.2, 0.25) is 0 Å². The third kappa shape index (κ3) is 59.1. The number of ether oxygens (including phenoxy) is 4. The van der Waals surface area contributed by atoms with Crippen molar-refractivity contribution in [1.82, 2.24) is 0 Å². The largest absolute Gasteiger partial charge is 0.472 e. The average molecular weight is 1300 g/mol. The van der Waals surface area contributed by atoms with Gasteiger partial charge in [0.1, 0.15) is 19.3 Å². The molecule has 88 heavy (non-hydrogen) atoms. The van der Waals surface area contributed by atoms with E-state index in [1.807, 2.05) is 0 Å². The van der Waals surface area contributed by atoms with Crippen molar-refractivity contribution in [2.75, 3.05) is 39.6 Å². The zero-order chi connectivity index (χ0) is 65.4. The van der Waals surface area contributed by atoms with Crippen LogP contribution in [0.15, 0.2) is 0 Å². The number of hydrogen-bond acceptors (Lipinski definition) is 15. The first kappa shape index (κ1) is 86.1. The molecule has 0 bridgehead atoms. The Morgan fingerprint density at radius 3 is 0.807 bits per heavy atom. The molecule has 0 amide bonds. The maximum absolute atomic E-state index is 13.0. The van der Waals surface area contributed by atoms with E-state index in [0.717, 1.165) is 120 Å². The second kappa shape index (κ2) is 58.8. The van der Waals surface area contributed by atoms with Gasteiger partial charge < -0.3 is 33.8 Å². The lowest BCUT2D eigenvalue weighted by molar-refractivity contribution is -0.161. The summed E-state index contributed by atoms with van der Waals surface area (Å²) in [7, 11) is -9.90. The molecule has 0 saturated heterocycles. The van der Waals surface area contributed by atoms with E-state index in [1.54, 1.807) is 0 Å². The summed E-state index contributed by atoms with van der Waals surface area (Å²) in [5, 5.41) is 10.6. The lowest BCUT2D eigenvalue weighted by atomic mass is 9.99. The summed E-state index contributed by atoms with van der Waals surface area (Å²) in [6.45, 7) is 14.1. The van der Waals surface area contributed by atoms with Gasteiger partial charge in [-0.25, -0.2) is 9.13 Å². The summed E-state index contributed by atoms with van der Waals surface area (Å²) >= 11 is 0. The van der Waals surface area contributed by atoms with E-state index in [1.165, 1.54) is 135 Å². The first-order chi connectivity index (χ1) is 42.2. The van der Waals surface area contributed by atoms with E-state index < -0.39 is 97.5 Å². The molecular weight excluding hydrogens is 1160 g/mol. The molecule has 0 aliphatic rings. The van der Waals surface area contributed by atoms with E-state index >= 15 is 0 Å². The van der Waals surface area contributed by atoms with Crippen molar-refractivity contribution in [2.24, 2.45) is 23.7 Å². The number of rotatable bonds is 66.